The molecule has 0 aliphatic heterocycles. The van der Waals surface area contributed by atoms with E-state index < -0.39 is 0 Å². The molecule has 0 spiro atoms. The number of aromatic nitrogens is 2. The molecule has 0 amide bonds. The predicted octanol–water partition coefficient (Wildman–Crippen LogP) is 3.25. The average Bonchev–Trinajstić information content (AvgIpc) is 2.79. The van der Waals surface area contributed by atoms with E-state index >= 15 is 0 Å². The van der Waals surface area contributed by atoms with Crippen LogP contribution in [0.3, 0.4) is 0 Å². The van der Waals surface area contributed by atoms with Gasteiger partial charge in [0.15, 0.2) is 5.11 Å². The predicted molar refractivity (Wildman–Crippen MR) is 93.0 cm³/mol. The van der Waals surface area contributed by atoms with Crippen LogP contribution in [0.25, 0.3) is 0 Å². The minimum Gasteiger partial charge on any atom is -0.356 e. The summed E-state index contributed by atoms with van der Waals surface area (Å²) >= 11 is 8.99. The second-order valence-electron chi connectivity index (χ2n) is 5.00. The Morgan fingerprint density at radius 2 is 2.10 bits per heavy atom. The highest BCUT2D eigenvalue weighted by Gasteiger charge is 2.13. The van der Waals surface area contributed by atoms with Crippen molar-refractivity contribution in [2.45, 2.75) is 19.5 Å². The molecule has 0 aliphatic rings. The van der Waals surface area contributed by atoms with Gasteiger partial charge in [-0.15, -0.1) is 0 Å². The van der Waals surface area contributed by atoms with Gasteiger partial charge in [-0.3, -0.25) is 4.68 Å². The molecule has 21 heavy (non-hydrogen) atoms. The van der Waals surface area contributed by atoms with Crippen LogP contribution in [0.1, 0.15) is 24.2 Å². The van der Waals surface area contributed by atoms with Crippen molar-refractivity contribution in [3.63, 3.8) is 0 Å². The largest absolute Gasteiger partial charge is 0.356 e. The SMILES string of the molecule is CC(NC(=S)N(C)Cc1c(Br)cnn1C)c1ccccc1. The summed E-state index contributed by atoms with van der Waals surface area (Å²) in [5.41, 5.74) is 2.31. The summed E-state index contributed by atoms with van der Waals surface area (Å²) in [4.78, 5) is 2.01. The van der Waals surface area contributed by atoms with Gasteiger partial charge in [0.05, 0.1) is 29.0 Å². The standard InChI is InChI=1S/C15H19BrN4S/c1-11(12-7-5-4-6-8-12)18-15(21)19(2)10-14-13(16)9-17-20(14)3/h4-9,11H,10H2,1-3H3,(H,18,21). The average molecular weight is 367 g/mol. The first kappa shape index (κ1) is 16.0. The Labute approximate surface area is 139 Å². The molecule has 0 aliphatic carbocycles. The zero-order valence-electron chi connectivity index (χ0n) is 12.4. The zero-order valence-corrected chi connectivity index (χ0v) is 14.8. The molecule has 0 bridgehead atoms. The molecule has 0 fully saturated rings. The minimum absolute atomic E-state index is 0.177. The van der Waals surface area contributed by atoms with Crippen LogP contribution in [0.2, 0.25) is 0 Å². The van der Waals surface area contributed by atoms with Crippen LogP contribution < -0.4 is 5.32 Å². The fourth-order valence-corrected chi connectivity index (χ4v) is 2.75. The summed E-state index contributed by atoms with van der Waals surface area (Å²) in [5, 5.41) is 8.30. The first-order chi connectivity index (χ1) is 9.99. The van der Waals surface area contributed by atoms with Crippen molar-refractivity contribution < 1.29 is 0 Å². The molecule has 2 aromatic rings. The summed E-state index contributed by atoms with van der Waals surface area (Å²) in [6.07, 6.45) is 1.80. The summed E-state index contributed by atoms with van der Waals surface area (Å²) in [5.74, 6) is 0. The van der Waals surface area contributed by atoms with Crippen LogP contribution in [0.5, 0.6) is 0 Å². The maximum atomic E-state index is 5.48. The summed E-state index contributed by atoms with van der Waals surface area (Å²) in [7, 11) is 3.91. The number of aryl methyl sites for hydroxylation is 1. The van der Waals surface area contributed by atoms with E-state index in [9.17, 15) is 0 Å². The third kappa shape index (κ3) is 4.04. The third-order valence-corrected chi connectivity index (χ3v) is 4.48. The van der Waals surface area contributed by atoms with Gasteiger partial charge in [0, 0.05) is 14.1 Å². The number of thiocarbonyl (C=S) groups is 1. The van der Waals surface area contributed by atoms with Gasteiger partial charge in [-0.05, 0) is 40.6 Å². The van der Waals surface area contributed by atoms with Crippen molar-refractivity contribution in [3.05, 3.63) is 52.3 Å². The quantitative estimate of drug-likeness (QED) is 0.841. The maximum absolute atomic E-state index is 5.48. The summed E-state index contributed by atoms with van der Waals surface area (Å²) in [6.45, 7) is 2.81. The van der Waals surface area contributed by atoms with Gasteiger partial charge in [0.25, 0.3) is 0 Å². The molecule has 112 valence electrons. The molecule has 6 heteroatoms. The van der Waals surface area contributed by atoms with E-state index in [1.165, 1.54) is 5.56 Å². The van der Waals surface area contributed by atoms with E-state index in [0.29, 0.717) is 6.54 Å². The third-order valence-electron chi connectivity index (χ3n) is 3.38. The molecule has 0 saturated heterocycles. The smallest absolute Gasteiger partial charge is 0.169 e. The van der Waals surface area contributed by atoms with Gasteiger partial charge in [-0.25, -0.2) is 0 Å². The fourth-order valence-electron chi connectivity index (χ4n) is 2.03. The first-order valence-electron chi connectivity index (χ1n) is 6.72. The van der Waals surface area contributed by atoms with E-state index in [0.717, 1.165) is 15.3 Å². The van der Waals surface area contributed by atoms with Crippen LogP contribution in [0, 0.1) is 0 Å². The number of benzene rings is 1. The molecule has 1 aromatic heterocycles. The van der Waals surface area contributed by atoms with Gasteiger partial charge < -0.3 is 10.2 Å². The van der Waals surface area contributed by atoms with E-state index in [1.807, 2.05) is 41.9 Å². The molecule has 1 atom stereocenters. The Morgan fingerprint density at radius 1 is 1.43 bits per heavy atom. The lowest BCUT2D eigenvalue weighted by Gasteiger charge is -2.24. The van der Waals surface area contributed by atoms with Crippen molar-refractivity contribution in [2.75, 3.05) is 7.05 Å². The highest BCUT2D eigenvalue weighted by molar-refractivity contribution is 9.10. The Balaban J connectivity index is 1.97. The first-order valence-corrected chi connectivity index (χ1v) is 7.92. The van der Waals surface area contributed by atoms with Gasteiger partial charge in [0.1, 0.15) is 0 Å². The number of hydrogen-bond donors (Lipinski definition) is 1. The number of nitrogens with zero attached hydrogens (tertiary/aromatic N) is 3. The van der Waals surface area contributed by atoms with E-state index in [4.69, 9.17) is 12.2 Å². The fraction of sp³-hybridized carbons (Fsp3) is 0.333. The monoisotopic (exact) mass is 366 g/mol. The topological polar surface area (TPSA) is 33.1 Å². The van der Waals surface area contributed by atoms with Gasteiger partial charge >= 0.3 is 0 Å². The molecule has 2 rings (SSSR count). The lowest BCUT2D eigenvalue weighted by molar-refractivity contribution is 0.457. The highest BCUT2D eigenvalue weighted by atomic mass is 79.9. The Kier molecular flexibility index (Phi) is 5.36. The minimum atomic E-state index is 0.177. The molecule has 1 unspecified atom stereocenters. The molecule has 4 nitrogen and oxygen atoms in total. The Bertz CT molecular complexity index is 592. The maximum Gasteiger partial charge on any atom is 0.169 e. The lowest BCUT2D eigenvalue weighted by Crippen LogP contribution is -2.38. The molecule has 1 aromatic carbocycles. The van der Waals surface area contributed by atoms with Crippen LogP contribution in [-0.2, 0) is 13.6 Å². The second-order valence-corrected chi connectivity index (χ2v) is 6.24. The van der Waals surface area contributed by atoms with Crippen molar-refractivity contribution in [1.29, 1.82) is 0 Å². The summed E-state index contributed by atoms with van der Waals surface area (Å²) in [6, 6.07) is 10.5. The molecular weight excluding hydrogens is 348 g/mol. The number of rotatable bonds is 4. The van der Waals surface area contributed by atoms with Crippen LogP contribution in [-0.4, -0.2) is 26.8 Å². The van der Waals surface area contributed by atoms with Crippen molar-refractivity contribution in [2.24, 2.45) is 7.05 Å². The molecule has 0 saturated carbocycles. The number of hydrogen-bond acceptors (Lipinski definition) is 2. The van der Waals surface area contributed by atoms with Crippen molar-refractivity contribution in [1.82, 2.24) is 20.0 Å². The zero-order chi connectivity index (χ0) is 15.4. The normalized spacial score (nSPS) is 12.0. The van der Waals surface area contributed by atoms with Crippen LogP contribution in [0.15, 0.2) is 41.0 Å². The second kappa shape index (κ2) is 7.04. The number of nitrogens with one attached hydrogen (secondary N) is 1. The van der Waals surface area contributed by atoms with Gasteiger partial charge in [-0.2, -0.15) is 5.10 Å². The lowest BCUT2D eigenvalue weighted by atomic mass is 10.1. The molecular formula is C15H19BrN4S. The van der Waals surface area contributed by atoms with E-state index in [1.54, 1.807) is 6.20 Å². The molecule has 1 N–H and O–H groups in total. The number of halogens is 1. The van der Waals surface area contributed by atoms with E-state index in [-0.39, 0.29) is 6.04 Å². The molecule has 1 heterocycles. The van der Waals surface area contributed by atoms with Crippen molar-refractivity contribution >= 4 is 33.3 Å². The van der Waals surface area contributed by atoms with Gasteiger partial charge in [0.2, 0.25) is 0 Å². The van der Waals surface area contributed by atoms with Crippen LogP contribution >= 0.6 is 28.1 Å². The Hall–Kier alpha value is -1.40. The molecule has 0 radical (unpaired) electrons. The summed E-state index contributed by atoms with van der Waals surface area (Å²) < 4.78 is 2.85. The Morgan fingerprint density at radius 3 is 2.67 bits per heavy atom. The van der Waals surface area contributed by atoms with Gasteiger partial charge in [-0.1, -0.05) is 30.3 Å². The van der Waals surface area contributed by atoms with E-state index in [2.05, 4.69) is 45.4 Å². The van der Waals surface area contributed by atoms with Crippen molar-refractivity contribution in [3.8, 4) is 0 Å². The van der Waals surface area contributed by atoms with Crippen LogP contribution in [0.4, 0.5) is 0 Å². The highest BCUT2D eigenvalue weighted by Crippen LogP contribution is 2.17.